The molecule has 2 aliphatic rings. The van der Waals surface area contributed by atoms with E-state index in [1.165, 1.54) is 252 Å². The lowest BCUT2D eigenvalue weighted by Crippen LogP contribution is -2.14. The molecule has 0 N–H and O–H groups in total. The SMILES string of the molecule is CC1(C)c2ccccc2-c2cc(-c3c4ccccc4c(-c4c5ccccc5c(-c5ccccc5)c5ccccc45)c4ccc(-c5ccc6ccccc6c5)cc34)ccc21.CC1(C)c2ccccc2-c2cc(-c3c4ccccc4c(-c4ccc(-c5c6ccccc6c(-c6ccccc6)c6ccccc56)cc4)c4ccc(-c5ccc6ccccc6c5)cc34)ccc21. The summed E-state index contributed by atoms with van der Waals surface area (Å²) in [6.45, 7) is 9.46. The minimum atomic E-state index is -0.0598. The molecule has 0 aliphatic heterocycles. The summed E-state index contributed by atoms with van der Waals surface area (Å²) in [5.41, 5.74) is 33.3. The lowest BCUT2D eigenvalue weighted by Gasteiger charge is -2.23. The molecule has 0 radical (unpaired) electrons. The average Bonchev–Trinajstić information content (AvgIpc) is 0.799. The molecule has 2 aliphatic carbocycles. The molecule has 580 valence electrons. The van der Waals surface area contributed by atoms with Crippen LogP contribution in [-0.4, -0.2) is 0 Å². The first-order valence-electron chi connectivity index (χ1n) is 43.6. The fraction of sp³-hybridized carbons (Fsp3) is 0.0484. The maximum absolute atomic E-state index is 2.48. The van der Waals surface area contributed by atoms with Gasteiger partial charge < -0.3 is 0 Å². The van der Waals surface area contributed by atoms with Crippen molar-refractivity contribution in [3.8, 4) is 122 Å². The highest BCUT2D eigenvalue weighted by molar-refractivity contribution is 6.31. The van der Waals surface area contributed by atoms with Gasteiger partial charge in [-0.05, 0) is 289 Å². The molecule has 0 saturated heterocycles. The van der Waals surface area contributed by atoms with Gasteiger partial charge in [-0.25, -0.2) is 0 Å². The van der Waals surface area contributed by atoms with Crippen molar-refractivity contribution in [1.82, 2.24) is 0 Å². The van der Waals surface area contributed by atoms with Gasteiger partial charge in [0.05, 0.1) is 0 Å². The lowest BCUT2D eigenvalue weighted by molar-refractivity contribution is 0.660. The fourth-order valence-corrected chi connectivity index (χ4v) is 21.9. The highest BCUT2D eigenvalue weighted by Crippen LogP contribution is 2.57. The van der Waals surface area contributed by atoms with Gasteiger partial charge >= 0.3 is 0 Å². The van der Waals surface area contributed by atoms with Crippen molar-refractivity contribution in [3.63, 3.8) is 0 Å². The summed E-state index contributed by atoms with van der Waals surface area (Å²) in [4.78, 5) is 0. The molecule has 0 amide bonds. The Labute approximate surface area is 722 Å². The van der Waals surface area contributed by atoms with E-state index in [9.17, 15) is 0 Å². The lowest BCUT2D eigenvalue weighted by atomic mass is 9.79. The van der Waals surface area contributed by atoms with Crippen molar-refractivity contribution < 1.29 is 0 Å². The summed E-state index contributed by atoms with van der Waals surface area (Å²) in [5, 5.41) is 25.2. The van der Waals surface area contributed by atoms with Gasteiger partial charge in [0.25, 0.3) is 0 Å². The van der Waals surface area contributed by atoms with Crippen LogP contribution in [-0.2, 0) is 10.8 Å². The van der Waals surface area contributed by atoms with Gasteiger partial charge in [-0.15, -0.1) is 0 Å². The number of benzene rings is 23. The first-order valence-corrected chi connectivity index (χ1v) is 43.6. The highest BCUT2D eigenvalue weighted by atomic mass is 14.4. The second-order valence-electron chi connectivity index (χ2n) is 35.1. The topological polar surface area (TPSA) is 0 Å². The van der Waals surface area contributed by atoms with Crippen molar-refractivity contribution in [3.05, 3.63) is 459 Å². The molecule has 0 nitrogen and oxygen atoms in total. The zero-order chi connectivity index (χ0) is 82.5. The molecule has 23 aromatic carbocycles. The van der Waals surface area contributed by atoms with E-state index < -0.39 is 0 Å². The highest BCUT2D eigenvalue weighted by Gasteiger charge is 2.38. The molecule has 124 heavy (non-hydrogen) atoms. The van der Waals surface area contributed by atoms with Gasteiger partial charge in [-0.1, -0.05) is 428 Å². The van der Waals surface area contributed by atoms with Crippen molar-refractivity contribution in [2.24, 2.45) is 0 Å². The van der Waals surface area contributed by atoms with Gasteiger partial charge in [0.1, 0.15) is 0 Å². The standard InChI is InChI=1S/C65H44.C59H40/c1-65(2)59-27-15-14-20-49(59)57-40-48(35-37-60(57)65)64-55-26-13-12-25-54(55)63(56-36-34-47(39-58(56)64)46-33-28-41-16-6-7-19-45(41)38-46)44-31-29-43(30-32-44)62-52-23-10-8-21-50(52)61(42-17-4-3-5-18-42)51-22-9-11-24-53(51)62;1-59(2)53-27-15-14-20-43(53)51-36-42(31-33-54(51)59)56-46-23-10-13-26-49(46)58(50-32-30-41(35-52(50)56)40-29-28-37-16-6-7-19-39(37)34-40)57-47-24-11-8-21-44(47)55(38-17-4-3-5-18-38)45-22-9-12-25-48(45)57/h3-40H,1-2H3;3-36H,1-2H3. The molecule has 0 fully saturated rings. The Kier molecular flexibility index (Phi) is 16.8. The summed E-state index contributed by atoms with van der Waals surface area (Å²) in [6.07, 6.45) is 0. The maximum Gasteiger partial charge on any atom is 0.0158 e. The largest absolute Gasteiger partial charge is 0.0622 e. The van der Waals surface area contributed by atoms with E-state index in [4.69, 9.17) is 0 Å². The van der Waals surface area contributed by atoms with Crippen molar-refractivity contribution in [2.75, 3.05) is 0 Å². The predicted octanol–water partition coefficient (Wildman–Crippen LogP) is 34.5. The van der Waals surface area contributed by atoms with Crippen LogP contribution in [0.3, 0.4) is 0 Å². The Morgan fingerprint density at radius 2 is 0.339 bits per heavy atom. The Morgan fingerprint density at radius 3 is 0.677 bits per heavy atom. The monoisotopic (exact) mass is 1570 g/mol. The number of hydrogen-bond donors (Lipinski definition) is 0. The average molecular weight is 1570 g/mol. The van der Waals surface area contributed by atoms with Crippen LogP contribution in [0.25, 0.3) is 230 Å². The Hall–Kier alpha value is -15.3. The molecule has 0 atom stereocenters. The number of fused-ring (bicyclic) bond motifs is 16. The summed E-state index contributed by atoms with van der Waals surface area (Å²) < 4.78 is 0. The zero-order valence-corrected chi connectivity index (χ0v) is 69.6. The first-order chi connectivity index (χ1) is 61.1. The Bertz CT molecular complexity index is 8270. The summed E-state index contributed by atoms with van der Waals surface area (Å²) in [7, 11) is 0. The molecule has 25 rings (SSSR count). The van der Waals surface area contributed by atoms with Gasteiger partial charge in [0, 0.05) is 10.8 Å². The maximum atomic E-state index is 2.48. The molecule has 0 saturated carbocycles. The minimum absolute atomic E-state index is 0.0592. The van der Waals surface area contributed by atoms with Crippen LogP contribution < -0.4 is 0 Å². The van der Waals surface area contributed by atoms with E-state index in [0.29, 0.717) is 0 Å². The molecule has 23 aromatic rings. The van der Waals surface area contributed by atoms with Crippen molar-refractivity contribution in [1.29, 1.82) is 0 Å². The fourth-order valence-electron chi connectivity index (χ4n) is 21.9. The zero-order valence-electron chi connectivity index (χ0n) is 69.6. The van der Waals surface area contributed by atoms with Crippen LogP contribution in [0.2, 0.25) is 0 Å². The second kappa shape index (κ2) is 28.7. The molecule has 0 heteroatoms. The molecular formula is C124H84. The van der Waals surface area contributed by atoms with Gasteiger partial charge in [0.2, 0.25) is 0 Å². The third-order valence-electron chi connectivity index (χ3n) is 27.7. The van der Waals surface area contributed by atoms with Crippen LogP contribution in [0.1, 0.15) is 49.9 Å². The number of rotatable bonds is 9. The van der Waals surface area contributed by atoms with Crippen LogP contribution in [0.15, 0.2) is 437 Å². The van der Waals surface area contributed by atoms with Crippen LogP contribution in [0, 0.1) is 0 Å². The second-order valence-corrected chi connectivity index (χ2v) is 35.1. The summed E-state index contributed by atoms with van der Waals surface area (Å²) >= 11 is 0. The first kappa shape index (κ1) is 72.7. The van der Waals surface area contributed by atoms with Crippen molar-refractivity contribution >= 4 is 108 Å². The smallest absolute Gasteiger partial charge is 0.0158 e. The van der Waals surface area contributed by atoms with E-state index in [1.54, 1.807) is 0 Å². The third-order valence-corrected chi connectivity index (χ3v) is 27.7. The molecule has 0 aromatic heterocycles. The van der Waals surface area contributed by atoms with Gasteiger partial charge in [-0.2, -0.15) is 0 Å². The van der Waals surface area contributed by atoms with Crippen molar-refractivity contribution in [2.45, 2.75) is 38.5 Å². The third kappa shape index (κ3) is 11.4. The van der Waals surface area contributed by atoms with Crippen LogP contribution >= 0.6 is 0 Å². The quantitative estimate of drug-likeness (QED) is 0.126. The molecule has 0 unspecified atom stereocenters. The summed E-state index contributed by atoms with van der Waals surface area (Å²) in [5.74, 6) is 0. The number of hydrogen-bond acceptors (Lipinski definition) is 0. The normalized spacial score (nSPS) is 13.0. The molecule has 0 spiro atoms. The molecular weight excluding hydrogens is 1490 g/mol. The Morgan fingerprint density at radius 1 is 0.121 bits per heavy atom. The van der Waals surface area contributed by atoms with Gasteiger partial charge in [0.15, 0.2) is 0 Å². The Balaban J connectivity index is 0.000000140. The van der Waals surface area contributed by atoms with E-state index in [-0.39, 0.29) is 10.8 Å². The minimum Gasteiger partial charge on any atom is -0.0622 e. The predicted molar refractivity (Wildman–Crippen MR) is 532 cm³/mol. The van der Waals surface area contributed by atoms with E-state index in [2.05, 4.69) is 464 Å². The summed E-state index contributed by atoms with van der Waals surface area (Å²) in [6, 6.07) is 163. The van der Waals surface area contributed by atoms with E-state index in [0.717, 1.165) is 0 Å². The van der Waals surface area contributed by atoms with Gasteiger partial charge in [-0.3, -0.25) is 0 Å². The van der Waals surface area contributed by atoms with E-state index >= 15 is 0 Å². The van der Waals surface area contributed by atoms with Crippen LogP contribution in [0.4, 0.5) is 0 Å². The van der Waals surface area contributed by atoms with E-state index in [1.807, 2.05) is 0 Å². The molecule has 0 heterocycles. The van der Waals surface area contributed by atoms with Crippen LogP contribution in [0.5, 0.6) is 0 Å². The molecule has 0 bridgehead atoms.